The Morgan fingerprint density at radius 1 is 1.42 bits per heavy atom. The third kappa shape index (κ3) is 3.04. The van der Waals surface area contributed by atoms with Crippen molar-refractivity contribution in [1.29, 1.82) is 0 Å². The van der Waals surface area contributed by atoms with E-state index in [9.17, 15) is 4.79 Å². The number of aryl methyl sites for hydroxylation is 2. The van der Waals surface area contributed by atoms with E-state index < -0.39 is 0 Å². The third-order valence-electron chi connectivity index (χ3n) is 3.05. The van der Waals surface area contributed by atoms with Crippen LogP contribution < -0.4 is 5.73 Å². The van der Waals surface area contributed by atoms with Crippen molar-refractivity contribution in [3.8, 4) is 0 Å². The molecular weight excluding hydrogens is 306 g/mol. The summed E-state index contributed by atoms with van der Waals surface area (Å²) in [5.41, 5.74) is 8.93. The predicted octanol–water partition coefficient (Wildman–Crippen LogP) is 2.75. The number of aromatic nitrogens is 2. The van der Waals surface area contributed by atoms with Crippen LogP contribution in [0.1, 0.15) is 28.7 Å². The molecule has 100 valence electrons. The molecular formula is C14H16BrN3O. The van der Waals surface area contributed by atoms with E-state index in [4.69, 9.17) is 5.73 Å². The van der Waals surface area contributed by atoms with Crippen LogP contribution >= 0.6 is 15.9 Å². The number of ketones is 1. The maximum Gasteiger partial charge on any atom is 0.168 e. The molecule has 0 aliphatic rings. The molecule has 4 nitrogen and oxygen atoms in total. The predicted molar refractivity (Wildman–Crippen MR) is 79.2 cm³/mol. The van der Waals surface area contributed by atoms with Crippen LogP contribution in [-0.4, -0.2) is 15.6 Å². The Hall–Kier alpha value is -1.62. The van der Waals surface area contributed by atoms with Gasteiger partial charge in [0.2, 0.25) is 0 Å². The number of nitrogen functional groups attached to an aromatic ring is 1. The first-order valence-corrected chi connectivity index (χ1v) is 6.90. The number of carbonyl (C=O) groups is 1. The highest BCUT2D eigenvalue weighted by Gasteiger charge is 2.12. The number of Topliss-reactive ketones (excluding diaryl/α,β-unsaturated/α-hetero) is 1. The maximum absolute atomic E-state index is 12.2. The molecule has 0 saturated carbocycles. The van der Waals surface area contributed by atoms with Gasteiger partial charge < -0.3 is 5.73 Å². The summed E-state index contributed by atoms with van der Waals surface area (Å²) in [6.45, 7) is 2.05. The standard InChI is InChI=1S/C14H16BrN3O/c1-3-10-7-11(18(2)17-10)8-14(19)9-4-5-13(16)12(15)6-9/h4-7H,3,8,16H2,1-2H3. The number of hydrogen-bond acceptors (Lipinski definition) is 3. The first-order chi connectivity index (χ1) is 9.01. The van der Waals surface area contributed by atoms with Gasteiger partial charge in [-0.3, -0.25) is 9.48 Å². The monoisotopic (exact) mass is 321 g/mol. The lowest BCUT2D eigenvalue weighted by Gasteiger charge is -2.04. The van der Waals surface area contributed by atoms with Crippen molar-refractivity contribution < 1.29 is 4.79 Å². The molecule has 0 spiro atoms. The molecule has 1 aromatic heterocycles. The van der Waals surface area contributed by atoms with Crippen molar-refractivity contribution in [3.05, 3.63) is 45.7 Å². The normalized spacial score (nSPS) is 10.7. The van der Waals surface area contributed by atoms with Crippen LogP contribution in [0.25, 0.3) is 0 Å². The van der Waals surface area contributed by atoms with Crippen LogP contribution in [0.2, 0.25) is 0 Å². The number of hydrogen-bond donors (Lipinski definition) is 1. The van der Waals surface area contributed by atoms with E-state index in [-0.39, 0.29) is 5.78 Å². The minimum atomic E-state index is 0.0614. The summed E-state index contributed by atoms with van der Waals surface area (Å²) in [6, 6.07) is 7.22. The van der Waals surface area contributed by atoms with Gasteiger partial charge in [0, 0.05) is 28.5 Å². The summed E-state index contributed by atoms with van der Waals surface area (Å²) >= 11 is 3.33. The Kier molecular flexibility index (Phi) is 4.04. The average molecular weight is 322 g/mol. The number of halogens is 1. The van der Waals surface area contributed by atoms with Crippen LogP contribution in [0.15, 0.2) is 28.7 Å². The molecule has 0 fully saturated rings. The number of anilines is 1. The summed E-state index contributed by atoms with van der Waals surface area (Å²) in [6.07, 6.45) is 1.22. The lowest BCUT2D eigenvalue weighted by atomic mass is 10.1. The summed E-state index contributed by atoms with van der Waals surface area (Å²) in [7, 11) is 1.86. The molecule has 0 saturated heterocycles. The fourth-order valence-corrected chi connectivity index (χ4v) is 2.26. The minimum Gasteiger partial charge on any atom is -0.398 e. The van der Waals surface area contributed by atoms with Crippen LogP contribution in [0, 0.1) is 0 Å². The number of benzene rings is 1. The van der Waals surface area contributed by atoms with Gasteiger partial charge in [0.1, 0.15) is 0 Å². The van der Waals surface area contributed by atoms with Gasteiger partial charge in [-0.05, 0) is 46.6 Å². The van der Waals surface area contributed by atoms with E-state index in [2.05, 4.69) is 21.0 Å². The molecule has 19 heavy (non-hydrogen) atoms. The largest absolute Gasteiger partial charge is 0.398 e. The molecule has 1 aromatic carbocycles. The van der Waals surface area contributed by atoms with Crippen molar-refractivity contribution in [2.45, 2.75) is 19.8 Å². The topological polar surface area (TPSA) is 60.9 Å². The van der Waals surface area contributed by atoms with Gasteiger partial charge >= 0.3 is 0 Å². The SMILES string of the molecule is CCc1cc(CC(=O)c2ccc(N)c(Br)c2)n(C)n1. The highest BCUT2D eigenvalue weighted by molar-refractivity contribution is 9.10. The van der Waals surface area contributed by atoms with Gasteiger partial charge in [-0.25, -0.2) is 0 Å². The zero-order valence-corrected chi connectivity index (χ0v) is 12.6. The second-order valence-electron chi connectivity index (χ2n) is 4.44. The Balaban J connectivity index is 2.20. The summed E-state index contributed by atoms with van der Waals surface area (Å²) in [5.74, 6) is 0.0614. The Bertz CT molecular complexity index is 619. The third-order valence-corrected chi connectivity index (χ3v) is 3.74. The lowest BCUT2D eigenvalue weighted by molar-refractivity contribution is 0.0990. The van der Waals surface area contributed by atoms with Gasteiger partial charge in [0.15, 0.2) is 5.78 Å². The summed E-state index contributed by atoms with van der Waals surface area (Å²) in [4.78, 5) is 12.2. The van der Waals surface area contributed by atoms with Crippen LogP contribution in [0.5, 0.6) is 0 Å². The Morgan fingerprint density at radius 3 is 2.74 bits per heavy atom. The molecule has 0 aliphatic heterocycles. The van der Waals surface area contributed by atoms with Crippen LogP contribution in [-0.2, 0) is 19.9 Å². The average Bonchev–Trinajstić information content (AvgIpc) is 2.73. The number of nitrogens with zero attached hydrogens (tertiary/aromatic N) is 2. The maximum atomic E-state index is 12.2. The van der Waals surface area contributed by atoms with E-state index >= 15 is 0 Å². The Labute approximate surface area is 120 Å². The van der Waals surface area contributed by atoms with Gasteiger partial charge in [-0.15, -0.1) is 0 Å². The molecule has 5 heteroatoms. The van der Waals surface area contributed by atoms with Crippen molar-refractivity contribution in [1.82, 2.24) is 9.78 Å². The molecule has 0 unspecified atom stereocenters. The molecule has 1 heterocycles. The van der Waals surface area contributed by atoms with E-state index in [0.717, 1.165) is 22.3 Å². The highest BCUT2D eigenvalue weighted by Crippen LogP contribution is 2.21. The first kappa shape index (κ1) is 13.8. The number of carbonyl (C=O) groups excluding carboxylic acids is 1. The van der Waals surface area contributed by atoms with Gasteiger partial charge in [-0.2, -0.15) is 5.10 Å². The first-order valence-electron chi connectivity index (χ1n) is 6.11. The van der Waals surface area contributed by atoms with Crippen LogP contribution in [0.4, 0.5) is 5.69 Å². The van der Waals surface area contributed by atoms with E-state index in [1.807, 2.05) is 20.0 Å². The smallest absolute Gasteiger partial charge is 0.168 e. The molecule has 0 atom stereocenters. The van der Waals surface area contributed by atoms with Crippen molar-refractivity contribution in [3.63, 3.8) is 0 Å². The van der Waals surface area contributed by atoms with E-state index in [1.54, 1.807) is 22.9 Å². The number of nitrogens with two attached hydrogens (primary N) is 1. The molecule has 0 bridgehead atoms. The van der Waals surface area contributed by atoms with Gasteiger partial charge in [-0.1, -0.05) is 6.92 Å². The molecule has 2 rings (SSSR count). The molecule has 2 N–H and O–H groups in total. The summed E-state index contributed by atoms with van der Waals surface area (Å²) in [5, 5.41) is 4.34. The van der Waals surface area contributed by atoms with Crippen molar-refractivity contribution in [2.75, 3.05) is 5.73 Å². The van der Waals surface area contributed by atoms with E-state index in [0.29, 0.717) is 17.7 Å². The quantitative estimate of drug-likeness (QED) is 0.695. The fraction of sp³-hybridized carbons (Fsp3) is 0.286. The zero-order valence-electron chi connectivity index (χ0n) is 11.0. The number of rotatable bonds is 4. The molecule has 0 aliphatic carbocycles. The Morgan fingerprint density at radius 2 is 2.16 bits per heavy atom. The van der Waals surface area contributed by atoms with E-state index in [1.165, 1.54) is 0 Å². The van der Waals surface area contributed by atoms with Gasteiger partial charge in [0.25, 0.3) is 0 Å². The van der Waals surface area contributed by atoms with Gasteiger partial charge in [0.05, 0.1) is 12.1 Å². The van der Waals surface area contributed by atoms with Crippen LogP contribution in [0.3, 0.4) is 0 Å². The second kappa shape index (κ2) is 5.57. The molecule has 2 aromatic rings. The zero-order chi connectivity index (χ0) is 14.0. The fourth-order valence-electron chi connectivity index (χ4n) is 1.88. The minimum absolute atomic E-state index is 0.0614. The van der Waals surface area contributed by atoms with Crippen molar-refractivity contribution in [2.24, 2.45) is 7.05 Å². The summed E-state index contributed by atoms with van der Waals surface area (Å²) < 4.78 is 2.51. The van der Waals surface area contributed by atoms with Crippen molar-refractivity contribution >= 4 is 27.4 Å². The second-order valence-corrected chi connectivity index (χ2v) is 5.29. The highest BCUT2D eigenvalue weighted by atomic mass is 79.9. The molecule has 0 radical (unpaired) electrons. The lowest BCUT2D eigenvalue weighted by Crippen LogP contribution is -2.08. The molecule has 0 amide bonds.